The first-order valence-electron chi connectivity index (χ1n) is 5.12. The molecule has 5 heteroatoms. The van der Waals surface area contributed by atoms with Gasteiger partial charge in [0.1, 0.15) is 11.2 Å². The molecule has 0 fully saturated rings. The lowest BCUT2D eigenvalue weighted by molar-refractivity contribution is 0.452. The second-order valence-electron chi connectivity index (χ2n) is 3.62. The lowest BCUT2D eigenvalue weighted by Gasteiger charge is -2.04. The highest BCUT2D eigenvalue weighted by molar-refractivity contribution is 5.81. The largest absolute Gasteiger partial charge is 0.493 e. The lowest BCUT2D eigenvalue weighted by atomic mass is 10.1. The number of nitrogens with zero attached hydrogens (tertiary/aromatic N) is 2. The summed E-state index contributed by atoms with van der Waals surface area (Å²) in [6.45, 7) is 3.62. The van der Waals surface area contributed by atoms with Gasteiger partial charge < -0.3 is 9.52 Å². The quantitative estimate of drug-likeness (QED) is 0.830. The fraction of sp³-hybridized carbons (Fsp3) is 0.364. The molecule has 0 spiro atoms. The van der Waals surface area contributed by atoms with E-state index < -0.39 is 5.63 Å². The van der Waals surface area contributed by atoms with Crippen molar-refractivity contribution < 1.29 is 9.52 Å². The van der Waals surface area contributed by atoms with E-state index in [4.69, 9.17) is 4.42 Å². The highest BCUT2D eigenvalue weighted by atomic mass is 16.4. The molecule has 84 valence electrons. The van der Waals surface area contributed by atoms with Crippen LogP contribution < -0.4 is 5.63 Å². The number of rotatable bonds is 2. The van der Waals surface area contributed by atoms with Crippen LogP contribution in [0.3, 0.4) is 0 Å². The lowest BCUT2D eigenvalue weighted by Crippen LogP contribution is -2.03. The van der Waals surface area contributed by atoms with Gasteiger partial charge in [0.25, 0.3) is 0 Å². The first-order valence-corrected chi connectivity index (χ1v) is 5.12. The van der Waals surface area contributed by atoms with E-state index in [1.165, 1.54) is 6.07 Å². The molecule has 0 aromatic carbocycles. The molecule has 2 rings (SSSR count). The van der Waals surface area contributed by atoms with Crippen LogP contribution in [0.5, 0.6) is 5.88 Å². The minimum Gasteiger partial charge on any atom is -0.493 e. The maximum absolute atomic E-state index is 11.3. The van der Waals surface area contributed by atoms with Crippen LogP contribution >= 0.6 is 0 Å². The number of fused-ring (bicyclic) bond motifs is 1. The van der Waals surface area contributed by atoms with Gasteiger partial charge in [0, 0.05) is 6.07 Å². The molecule has 1 N–H and O–H groups in total. The summed E-state index contributed by atoms with van der Waals surface area (Å²) >= 11 is 0. The van der Waals surface area contributed by atoms with E-state index in [2.05, 4.69) is 9.97 Å². The fourth-order valence-corrected chi connectivity index (χ4v) is 1.69. The minimum atomic E-state index is -0.451. The third-order valence-electron chi connectivity index (χ3n) is 2.30. The van der Waals surface area contributed by atoms with Gasteiger partial charge in [-0.2, -0.15) is 9.97 Å². The van der Waals surface area contributed by atoms with Crippen molar-refractivity contribution in [1.29, 1.82) is 0 Å². The molecule has 0 bridgehead atoms. The van der Waals surface area contributed by atoms with Crippen LogP contribution in [-0.2, 0) is 6.42 Å². The summed E-state index contributed by atoms with van der Waals surface area (Å²) in [6, 6.07) is 1.38. The molecule has 0 aliphatic carbocycles. The molecule has 0 radical (unpaired) electrons. The molecular formula is C11H12N2O3. The average Bonchev–Trinajstić information content (AvgIpc) is 2.15. The van der Waals surface area contributed by atoms with Gasteiger partial charge in [-0.05, 0) is 18.9 Å². The van der Waals surface area contributed by atoms with Crippen molar-refractivity contribution in [3.05, 3.63) is 27.9 Å². The maximum Gasteiger partial charge on any atom is 0.337 e. The van der Waals surface area contributed by atoms with Gasteiger partial charge in [0.05, 0.1) is 0 Å². The first-order chi connectivity index (χ1) is 7.61. The van der Waals surface area contributed by atoms with Gasteiger partial charge in [-0.25, -0.2) is 4.79 Å². The van der Waals surface area contributed by atoms with Crippen LogP contribution in [0, 0.1) is 6.92 Å². The Morgan fingerprint density at radius 2 is 2.19 bits per heavy atom. The monoisotopic (exact) mass is 220 g/mol. The summed E-state index contributed by atoms with van der Waals surface area (Å²) in [4.78, 5) is 19.2. The Labute approximate surface area is 91.8 Å². The van der Waals surface area contributed by atoms with Gasteiger partial charge in [0.15, 0.2) is 0 Å². The van der Waals surface area contributed by atoms with E-state index in [1.54, 1.807) is 6.92 Å². The number of hydrogen-bond acceptors (Lipinski definition) is 5. The first kappa shape index (κ1) is 10.6. The predicted molar refractivity (Wildman–Crippen MR) is 58.5 cm³/mol. The van der Waals surface area contributed by atoms with Gasteiger partial charge in [-0.1, -0.05) is 13.3 Å². The summed E-state index contributed by atoms with van der Waals surface area (Å²) in [5, 5.41) is 10.2. The highest BCUT2D eigenvalue weighted by Crippen LogP contribution is 2.24. The summed E-state index contributed by atoms with van der Waals surface area (Å²) in [5.74, 6) is 0.247. The number of aryl methyl sites for hydroxylation is 2. The van der Waals surface area contributed by atoms with E-state index in [9.17, 15) is 9.90 Å². The minimum absolute atomic E-state index is 0.130. The summed E-state index contributed by atoms with van der Waals surface area (Å²) in [6.07, 6.45) is 1.55. The van der Waals surface area contributed by atoms with Crippen molar-refractivity contribution in [3.63, 3.8) is 0 Å². The van der Waals surface area contributed by atoms with E-state index in [1.807, 2.05) is 6.92 Å². The Kier molecular flexibility index (Phi) is 2.60. The second kappa shape index (κ2) is 3.92. The van der Waals surface area contributed by atoms with Crippen molar-refractivity contribution >= 4 is 11.1 Å². The van der Waals surface area contributed by atoms with Gasteiger partial charge >= 0.3 is 5.63 Å². The number of hydrogen-bond donors (Lipinski definition) is 1. The molecule has 5 nitrogen and oxygen atoms in total. The highest BCUT2D eigenvalue weighted by Gasteiger charge is 2.12. The number of aromatic nitrogens is 2. The fourth-order valence-electron chi connectivity index (χ4n) is 1.69. The van der Waals surface area contributed by atoms with Crippen molar-refractivity contribution in [3.8, 4) is 5.88 Å². The van der Waals surface area contributed by atoms with Crippen LogP contribution in [0.15, 0.2) is 15.3 Å². The van der Waals surface area contributed by atoms with E-state index in [-0.39, 0.29) is 11.6 Å². The molecular weight excluding hydrogens is 208 g/mol. The maximum atomic E-state index is 11.3. The molecule has 2 aromatic heterocycles. The molecule has 2 aromatic rings. The third-order valence-corrected chi connectivity index (χ3v) is 2.30. The average molecular weight is 220 g/mol. The zero-order chi connectivity index (χ0) is 11.7. The Bertz CT molecular complexity index is 590. The molecule has 0 aliphatic heterocycles. The molecule has 2 heterocycles. The Morgan fingerprint density at radius 3 is 2.88 bits per heavy atom. The predicted octanol–water partition coefficient (Wildman–Crippen LogP) is 1.55. The standard InChI is InChI=1S/C11H12N2O3/c1-3-4-7-5-8(14)16-11-9(7)10(15)12-6(2)13-11/h5H,3-4H2,1-2H3,(H,12,13,15). The van der Waals surface area contributed by atoms with Gasteiger partial charge in [-0.15, -0.1) is 0 Å². The molecule has 0 saturated carbocycles. The van der Waals surface area contributed by atoms with Gasteiger partial charge in [0.2, 0.25) is 11.6 Å². The van der Waals surface area contributed by atoms with Crippen LogP contribution in [-0.4, -0.2) is 15.1 Å². The Balaban J connectivity index is 2.84. The topological polar surface area (TPSA) is 76.2 Å². The molecule has 16 heavy (non-hydrogen) atoms. The second-order valence-corrected chi connectivity index (χ2v) is 3.62. The van der Waals surface area contributed by atoms with Crippen LogP contribution in [0.2, 0.25) is 0 Å². The zero-order valence-corrected chi connectivity index (χ0v) is 9.15. The van der Waals surface area contributed by atoms with Crippen LogP contribution in [0.25, 0.3) is 11.1 Å². The third kappa shape index (κ3) is 1.76. The van der Waals surface area contributed by atoms with Gasteiger partial charge in [-0.3, -0.25) is 0 Å². The van der Waals surface area contributed by atoms with E-state index in [0.29, 0.717) is 17.6 Å². The molecule has 0 atom stereocenters. The smallest absolute Gasteiger partial charge is 0.337 e. The zero-order valence-electron chi connectivity index (χ0n) is 9.15. The molecule has 0 saturated heterocycles. The normalized spacial score (nSPS) is 10.9. The number of aromatic hydroxyl groups is 1. The van der Waals surface area contributed by atoms with Crippen LogP contribution in [0.1, 0.15) is 24.7 Å². The Morgan fingerprint density at radius 1 is 1.44 bits per heavy atom. The SMILES string of the molecule is CCCc1cc(=O)oc2nc(C)nc(O)c12. The van der Waals surface area contributed by atoms with Crippen molar-refractivity contribution in [2.24, 2.45) is 0 Å². The van der Waals surface area contributed by atoms with Crippen molar-refractivity contribution in [2.45, 2.75) is 26.7 Å². The molecule has 0 unspecified atom stereocenters. The summed E-state index contributed by atoms with van der Waals surface area (Å²) in [7, 11) is 0. The Hall–Kier alpha value is -1.91. The van der Waals surface area contributed by atoms with Crippen molar-refractivity contribution in [2.75, 3.05) is 0 Å². The summed E-state index contributed by atoms with van der Waals surface area (Å²) in [5.41, 5.74) is 0.431. The summed E-state index contributed by atoms with van der Waals surface area (Å²) < 4.78 is 4.94. The van der Waals surface area contributed by atoms with Crippen molar-refractivity contribution in [1.82, 2.24) is 9.97 Å². The molecule has 0 amide bonds. The van der Waals surface area contributed by atoms with E-state index >= 15 is 0 Å². The van der Waals surface area contributed by atoms with Crippen LogP contribution in [0.4, 0.5) is 0 Å². The molecule has 0 aliphatic rings. The van der Waals surface area contributed by atoms with E-state index in [0.717, 1.165) is 12.0 Å².